The summed E-state index contributed by atoms with van der Waals surface area (Å²) in [7, 11) is 0. The lowest BCUT2D eigenvalue weighted by atomic mass is 9.89. The fourth-order valence-electron chi connectivity index (χ4n) is 2.87. The van der Waals surface area contributed by atoms with E-state index in [4.69, 9.17) is 14.2 Å². The van der Waals surface area contributed by atoms with Crippen LogP contribution in [-0.4, -0.2) is 32.7 Å². The number of allylic oxidation sites excluding steroid dienone is 2. The highest BCUT2D eigenvalue weighted by atomic mass is 16.9. The lowest BCUT2D eigenvalue weighted by Crippen LogP contribution is -2.49. The second-order valence-electron chi connectivity index (χ2n) is 7.48. The molecule has 0 atom stereocenters. The maximum atomic E-state index is 9.20. The Labute approximate surface area is 141 Å². The number of benzene rings is 1. The number of hydrogen-bond acceptors (Lipinski definition) is 6. The summed E-state index contributed by atoms with van der Waals surface area (Å²) in [6.45, 7) is 11.7. The first kappa shape index (κ1) is 17.1. The molecular weight excluding hydrogens is 312 g/mol. The molecule has 1 heterocycles. The minimum Gasteiger partial charge on any atom is -0.483 e. The molecule has 132 valence electrons. The van der Waals surface area contributed by atoms with Crippen molar-refractivity contribution in [2.75, 3.05) is 0 Å². The van der Waals surface area contributed by atoms with E-state index >= 15 is 0 Å². The van der Waals surface area contributed by atoms with E-state index in [1.165, 1.54) is 0 Å². The highest BCUT2D eigenvalue weighted by molar-refractivity contribution is 5.59. The first-order chi connectivity index (χ1) is 10.8. The number of ether oxygens (including phenoxy) is 3. The molecule has 0 saturated carbocycles. The van der Waals surface area contributed by atoms with Crippen LogP contribution in [0, 0.1) is 13.8 Å². The predicted octanol–water partition coefficient (Wildman–Crippen LogP) is 2.18. The number of aliphatic hydroxyl groups is 3. The molecular formula is C18H24O6. The third-order valence-electron chi connectivity index (χ3n) is 5.15. The van der Waals surface area contributed by atoms with Gasteiger partial charge in [-0.2, -0.15) is 0 Å². The van der Waals surface area contributed by atoms with Gasteiger partial charge < -0.3 is 29.5 Å². The molecule has 0 aromatic heterocycles. The second-order valence-corrected chi connectivity index (χ2v) is 7.48. The zero-order valence-corrected chi connectivity index (χ0v) is 14.8. The van der Waals surface area contributed by atoms with E-state index in [0.717, 1.165) is 22.6 Å². The summed E-state index contributed by atoms with van der Waals surface area (Å²) in [5, 5.41) is 27.6. The van der Waals surface area contributed by atoms with Gasteiger partial charge in [-0.15, -0.1) is 0 Å². The highest BCUT2D eigenvalue weighted by Crippen LogP contribution is 2.60. The van der Waals surface area contributed by atoms with E-state index in [1.54, 1.807) is 12.1 Å². The quantitative estimate of drug-likeness (QED) is 0.733. The summed E-state index contributed by atoms with van der Waals surface area (Å²) in [5.74, 6) is 1.37. The Morgan fingerprint density at radius 3 is 1.92 bits per heavy atom. The van der Waals surface area contributed by atoms with Gasteiger partial charge in [0.05, 0.1) is 0 Å². The van der Waals surface area contributed by atoms with Crippen molar-refractivity contribution in [3.8, 4) is 5.75 Å². The van der Waals surface area contributed by atoms with Crippen LogP contribution >= 0.6 is 0 Å². The minimum absolute atomic E-state index is 0.174. The molecule has 6 heteroatoms. The van der Waals surface area contributed by atoms with Gasteiger partial charge >= 0.3 is 6.16 Å². The SMILES string of the molecule is Cc1ccc(OC(O)(O)O)c(C2C3=C2OC(C)(C)C(C)(C)O3)c1C. The van der Waals surface area contributed by atoms with Crippen molar-refractivity contribution in [3.63, 3.8) is 0 Å². The first-order valence-corrected chi connectivity index (χ1v) is 7.92. The number of aryl methyl sites for hydroxylation is 1. The molecule has 0 fully saturated rings. The molecule has 1 aliphatic carbocycles. The lowest BCUT2D eigenvalue weighted by Gasteiger charge is -2.41. The van der Waals surface area contributed by atoms with Gasteiger partial charge in [0.1, 0.15) is 22.9 Å². The van der Waals surface area contributed by atoms with Crippen LogP contribution in [0.15, 0.2) is 23.7 Å². The van der Waals surface area contributed by atoms with E-state index in [-0.39, 0.29) is 11.7 Å². The predicted molar refractivity (Wildman–Crippen MR) is 86.0 cm³/mol. The summed E-state index contributed by atoms with van der Waals surface area (Å²) >= 11 is 0. The van der Waals surface area contributed by atoms with Gasteiger partial charge in [0.15, 0.2) is 11.5 Å². The molecule has 24 heavy (non-hydrogen) atoms. The average molecular weight is 336 g/mol. The Balaban J connectivity index is 1.99. The van der Waals surface area contributed by atoms with E-state index in [0.29, 0.717) is 5.56 Å². The molecule has 1 aromatic rings. The van der Waals surface area contributed by atoms with Gasteiger partial charge in [0.25, 0.3) is 0 Å². The molecule has 0 radical (unpaired) electrons. The Kier molecular flexibility index (Phi) is 3.47. The van der Waals surface area contributed by atoms with Crippen LogP contribution in [-0.2, 0) is 9.47 Å². The van der Waals surface area contributed by atoms with Crippen molar-refractivity contribution in [3.05, 3.63) is 40.3 Å². The Bertz CT molecular complexity index is 698. The van der Waals surface area contributed by atoms with Gasteiger partial charge in [0.2, 0.25) is 0 Å². The molecule has 0 amide bonds. The van der Waals surface area contributed by atoms with Crippen LogP contribution in [0.1, 0.15) is 50.3 Å². The van der Waals surface area contributed by atoms with Crippen LogP contribution in [0.4, 0.5) is 0 Å². The molecule has 3 N–H and O–H groups in total. The first-order valence-electron chi connectivity index (χ1n) is 7.92. The van der Waals surface area contributed by atoms with E-state index < -0.39 is 17.4 Å². The normalized spacial score (nSPS) is 21.7. The maximum Gasteiger partial charge on any atom is 0.453 e. The van der Waals surface area contributed by atoms with Crippen molar-refractivity contribution >= 4 is 0 Å². The Hall–Kier alpha value is -1.76. The molecule has 2 aliphatic rings. The number of hydrogen-bond donors (Lipinski definition) is 3. The van der Waals surface area contributed by atoms with E-state index in [1.807, 2.05) is 41.5 Å². The molecule has 1 aliphatic heterocycles. The maximum absolute atomic E-state index is 9.20. The molecule has 1 aromatic carbocycles. The third kappa shape index (κ3) is 2.64. The monoisotopic (exact) mass is 336 g/mol. The van der Waals surface area contributed by atoms with Crippen molar-refractivity contribution in [2.24, 2.45) is 0 Å². The van der Waals surface area contributed by atoms with Crippen molar-refractivity contribution in [1.82, 2.24) is 0 Å². The smallest absolute Gasteiger partial charge is 0.453 e. The van der Waals surface area contributed by atoms with Crippen molar-refractivity contribution in [2.45, 2.75) is 64.8 Å². The zero-order valence-electron chi connectivity index (χ0n) is 14.8. The summed E-state index contributed by atoms with van der Waals surface area (Å²) in [6.07, 6.45) is -3.24. The summed E-state index contributed by atoms with van der Waals surface area (Å²) < 4.78 is 17.2. The molecule has 0 bridgehead atoms. The highest BCUT2D eigenvalue weighted by Gasteiger charge is 2.58. The Morgan fingerprint density at radius 1 is 0.958 bits per heavy atom. The van der Waals surface area contributed by atoms with Crippen LogP contribution in [0.5, 0.6) is 5.75 Å². The topological polar surface area (TPSA) is 88.4 Å². The zero-order chi connectivity index (χ0) is 18.1. The van der Waals surface area contributed by atoms with Gasteiger partial charge in [-0.25, -0.2) is 0 Å². The summed E-state index contributed by atoms with van der Waals surface area (Å²) in [5.41, 5.74) is 1.62. The summed E-state index contributed by atoms with van der Waals surface area (Å²) in [6, 6.07) is 3.38. The third-order valence-corrected chi connectivity index (χ3v) is 5.15. The minimum atomic E-state index is -3.24. The van der Waals surface area contributed by atoms with Gasteiger partial charge in [-0.3, -0.25) is 0 Å². The molecule has 6 nitrogen and oxygen atoms in total. The summed E-state index contributed by atoms with van der Waals surface area (Å²) in [4.78, 5) is 0. The molecule has 0 unspecified atom stereocenters. The Morgan fingerprint density at radius 2 is 1.46 bits per heavy atom. The van der Waals surface area contributed by atoms with Gasteiger partial charge in [-0.1, -0.05) is 6.07 Å². The molecule has 0 saturated heterocycles. The average Bonchev–Trinajstić information content (AvgIpc) is 3.03. The van der Waals surface area contributed by atoms with Crippen LogP contribution in [0.3, 0.4) is 0 Å². The standard InChI is InChI=1S/C18H24O6/c1-9-7-8-11(22-18(19,20)21)12(10(9)2)13-14-15(13)24-17(5,6)16(3,4)23-14/h7-8,13,19-21H,1-6H3. The second kappa shape index (κ2) is 4.88. The van der Waals surface area contributed by atoms with Crippen LogP contribution in [0.2, 0.25) is 0 Å². The molecule has 0 spiro atoms. The largest absolute Gasteiger partial charge is 0.483 e. The fraction of sp³-hybridized carbons (Fsp3) is 0.556. The lowest BCUT2D eigenvalue weighted by molar-refractivity contribution is -0.419. The van der Waals surface area contributed by atoms with Crippen LogP contribution in [0.25, 0.3) is 0 Å². The van der Waals surface area contributed by atoms with Crippen molar-refractivity contribution < 1.29 is 29.5 Å². The van der Waals surface area contributed by atoms with Gasteiger partial charge in [-0.05, 0) is 58.7 Å². The van der Waals surface area contributed by atoms with Crippen LogP contribution < -0.4 is 4.74 Å². The van der Waals surface area contributed by atoms with E-state index in [2.05, 4.69) is 0 Å². The number of rotatable bonds is 3. The van der Waals surface area contributed by atoms with E-state index in [9.17, 15) is 15.3 Å². The molecule has 3 rings (SSSR count). The van der Waals surface area contributed by atoms with Gasteiger partial charge in [0, 0.05) is 5.56 Å². The fourth-order valence-corrected chi connectivity index (χ4v) is 2.87. The van der Waals surface area contributed by atoms with Crippen molar-refractivity contribution in [1.29, 1.82) is 0 Å².